The summed E-state index contributed by atoms with van der Waals surface area (Å²) >= 11 is 5.85. The van der Waals surface area contributed by atoms with E-state index in [1.54, 1.807) is 18.2 Å². The summed E-state index contributed by atoms with van der Waals surface area (Å²) in [6, 6.07) is 17.7. The molecule has 0 amide bonds. The first-order valence-electron chi connectivity index (χ1n) is 8.11. The van der Waals surface area contributed by atoms with Crippen LogP contribution >= 0.6 is 11.6 Å². The minimum Gasteiger partial charge on any atom is -0.423 e. The first kappa shape index (κ1) is 19.9. The summed E-state index contributed by atoms with van der Waals surface area (Å²) in [4.78, 5) is 12.3. The minimum absolute atomic E-state index is 0.0599. The highest BCUT2D eigenvalue weighted by Gasteiger charge is 2.21. The number of hydrogen-bond acceptors (Lipinski definition) is 4. The molecule has 5 nitrogen and oxygen atoms in total. The van der Waals surface area contributed by atoms with Crippen LogP contribution in [0.15, 0.2) is 77.7 Å². The predicted octanol–water partition coefficient (Wildman–Crippen LogP) is 4.52. The van der Waals surface area contributed by atoms with Gasteiger partial charge in [-0.1, -0.05) is 35.9 Å². The van der Waals surface area contributed by atoms with Crippen molar-refractivity contribution in [3.63, 3.8) is 0 Å². The number of benzene rings is 3. The van der Waals surface area contributed by atoms with E-state index in [-0.39, 0.29) is 21.2 Å². The lowest BCUT2D eigenvalue weighted by atomic mass is 10.2. The summed E-state index contributed by atoms with van der Waals surface area (Å²) in [6.45, 7) is 0. The normalized spacial score (nSPS) is 11.1. The Morgan fingerprint density at radius 3 is 2.21 bits per heavy atom. The molecule has 0 bridgehead atoms. The second kappa shape index (κ2) is 8.00. The number of esters is 1. The summed E-state index contributed by atoms with van der Waals surface area (Å²) in [6.07, 6.45) is 0. The average Bonchev–Trinajstić information content (AvgIpc) is 2.68. The van der Waals surface area contributed by atoms with Gasteiger partial charge in [-0.15, -0.1) is 0 Å². The van der Waals surface area contributed by atoms with Gasteiger partial charge in [-0.25, -0.2) is 17.6 Å². The third kappa shape index (κ3) is 4.00. The van der Waals surface area contributed by atoms with E-state index in [0.717, 1.165) is 10.4 Å². The molecule has 144 valence electrons. The molecule has 0 aromatic heterocycles. The highest BCUT2D eigenvalue weighted by atomic mass is 35.5. The molecule has 0 aliphatic carbocycles. The third-order valence-corrected chi connectivity index (χ3v) is 6.09. The summed E-state index contributed by atoms with van der Waals surface area (Å²) in [5.41, 5.74) is 0.00425. The molecule has 0 fully saturated rings. The van der Waals surface area contributed by atoms with E-state index in [4.69, 9.17) is 16.3 Å². The lowest BCUT2D eigenvalue weighted by Crippen LogP contribution is -2.26. The number of nitrogens with zero attached hydrogens (tertiary/aromatic N) is 1. The van der Waals surface area contributed by atoms with Gasteiger partial charge >= 0.3 is 5.97 Å². The van der Waals surface area contributed by atoms with Crippen LogP contribution in [0.25, 0.3) is 0 Å². The van der Waals surface area contributed by atoms with Gasteiger partial charge in [0.25, 0.3) is 10.0 Å². The zero-order valence-corrected chi connectivity index (χ0v) is 16.2. The number of sulfonamides is 1. The van der Waals surface area contributed by atoms with E-state index in [1.165, 1.54) is 55.6 Å². The maximum atomic E-state index is 13.8. The Kier molecular flexibility index (Phi) is 5.67. The van der Waals surface area contributed by atoms with Crippen molar-refractivity contribution in [1.29, 1.82) is 0 Å². The summed E-state index contributed by atoms with van der Waals surface area (Å²) in [7, 11) is -2.30. The monoisotopic (exact) mass is 419 g/mol. The Morgan fingerprint density at radius 2 is 1.61 bits per heavy atom. The SMILES string of the molecule is CN(c1ccc(OC(=O)c2c(F)cccc2Cl)cc1)S(=O)(=O)c1ccccc1. The van der Waals surface area contributed by atoms with Gasteiger partial charge in [-0.05, 0) is 48.5 Å². The molecule has 0 unspecified atom stereocenters. The number of hydrogen-bond donors (Lipinski definition) is 0. The molecule has 0 saturated carbocycles. The van der Waals surface area contributed by atoms with E-state index in [0.29, 0.717) is 5.69 Å². The molecule has 3 rings (SSSR count). The van der Waals surface area contributed by atoms with Gasteiger partial charge in [-0.3, -0.25) is 4.31 Å². The Balaban J connectivity index is 1.79. The predicted molar refractivity (Wildman–Crippen MR) is 105 cm³/mol. The Labute approximate surface area is 167 Å². The van der Waals surface area contributed by atoms with Gasteiger partial charge in [0.2, 0.25) is 0 Å². The van der Waals surface area contributed by atoms with Crippen LogP contribution in [0.1, 0.15) is 10.4 Å². The van der Waals surface area contributed by atoms with E-state index in [1.807, 2.05) is 0 Å². The van der Waals surface area contributed by atoms with Crippen molar-refractivity contribution in [2.75, 3.05) is 11.4 Å². The topological polar surface area (TPSA) is 63.7 Å². The molecule has 0 N–H and O–H groups in total. The molecular weight excluding hydrogens is 405 g/mol. The van der Waals surface area contributed by atoms with Crippen LogP contribution in [-0.2, 0) is 10.0 Å². The second-order valence-electron chi connectivity index (χ2n) is 5.77. The number of anilines is 1. The molecule has 8 heteroatoms. The maximum absolute atomic E-state index is 13.8. The summed E-state index contributed by atoms with van der Waals surface area (Å²) < 4.78 is 45.3. The van der Waals surface area contributed by atoms with Gasteiger partial charge in [0.15, 0.2) is 0 Å². The number of halogens is 2. The fourth-order valence-electron chi connectivity index (χ4n) is 2.46. The van der Waals surface area contributed by atoms with E-state index in [9.17, 15) is 17.6 Å². The quantitative estimate of drug-likeness (QED) is 0.450. The zero-order valence-electron chi connectivity index (χ0n) is 14.7. The Morgan fingerprint density at radius 1 is 0.964 bits per heavy atom. The molecule has 0 aliphatic rings. The van der Waals surface area contributed by atoms with Crippen LogP contribution in [0.3, 0.4) is 0 Å². The fraction of sp³-hybridized carbons (Fsp3) is 0.0500. The number of rotatable bonds is 5. The van der Waals surface area contributed by atoms with Crippen molar-refractivity contribution < 1.29 is 22.3 Å². The molecule has 28 heavy (non-hydrogen) atoms. The van der Waals surface area contributed by atoms with Crippen molar-refractivity contribution in [3.8, 4) is 5.75 Å². The zero-order chi connectivity index (χ0) is 20.3. The fourth-order valence-corrected chi connectivity index (χ4v) is 3.92. The second-order valence-corrected chi connectivity index (χ2v) is 8.14. The number of ether oxygens (including phenoxy) is 1. The Bertz CT molecular complexity index is 1080. The molecule has 0 heterocycles. The minimum atomic E-state index is -3.72. The van der Waals surface area contributed by atoms with Gasteiger partial charge in [0, 0.05) is 7.05 Å². The molecule has 3 aromatic carbocycles. The molecule has 0 spiro atoms. The molecule has 0 aliphatic heterocycles. The van der Waals surface area contributed by atoms with Crippen LogP contribution in [0.4, 0.5) is 10.1 Å². The standard InChI is InChI=1S/C20H15ClFNO4S/c1-23(28(25,26)16-6-3-2-4-7-16)14-10-12-15(13-11-14)27-20(24)19-17(21)8-5-9-18(19)22/h2-13H,1H3. The molecular formula is C20H15ClFNO4S. The van der Waals surface area contributed by atoms with Gasteiger partial charge < -0.3 is 4.74 Å². The summed E-state index contributed by atoms with van der Waals surface area (Å²) in [5.74, 6) is -1.61. The van der Waals surface area contributed by atoms with Crippen LogP contribution < -0.4 is 9.04 Å². The summed E-state index contributed by atoms with van der Waals surface area (Å²) in [5, 5.41) is -0.0599. The molecule has 0 atom stereocenters. The van der Waals surface area contributed by atoms with Crippen LogP contribution in [0.5, 0.6) is 5.75 Å². The number of carbonyl (C=O) groups is 1. The Hall–Kier alpha value is -2.90. The molecule has 3 aromatic rings. The van der Waals surface area contributed by atoms with Gasteiger partial charge in [0.1, 0.15) is 17.1 Å². The van der Waals surface area contributed by atoms with Crippen molar-refractivity contribution in [1.82, 2.24) is 0 Å². The first-order chi connectivity index (χ1) is 13.3. The van der Waals surface area contributed by atoms with E-state index >= 15 is 0 Å². The van der Waals surface area contributed by atoms with Crippen LogP contribution in [-0.4, -0.2) is 21.4 Å². The molecule has 0 saturated heterocycles. The van der Waals surface area contributed by atoms with Crippen molar-refractivity contribution in [2.45, 2.75) is 4.90 Å². The van der Waals surface area contributed by atoms with Crippen LogP contribution in [0.2, 0.25) is 5.02 Å². The van der Waals surface area contributed by atoms with Crippen molar-refractivity contribution >= 4 is 33.3 Å². The van der Waals surface area contributed by atoms with Crippen LogP contribution in [0, 0.1) is 5.82 Å². The number of carbonyl (C=O) groups excluding carboxylic acids is 1. The smallest absolute Gasteiger partial charge is 0.348 e. The van der Waals surface area contributed by atoms with E-state index in [2.05, 4.69) is 0 Å². The largest absolute Gasteiger partial charge is 0.423 e. The highest BCUT2D eigenvalue weighted by Crippen LogP contribution is 2.26. The maximum Gasteiger partial charge on any atom is 0.348 e. The third-order valence-electron chi connectivity index (χ3n) is 3.98. The van der Waals surface area contributed by atoms with Gasteiger partial charge in [0.05, 0.1) is 15.6 Å². The van der Waals surface area contributed by atoms with E-state index < -0.39 is 21.8 Å². The molecule has 0 radical (unpaired) electrons. The highest BCUT2D eigenvalue weighted by molar-refractivity contribution is 7.92. The first-order valence-corrected chi connectivity index (χ1v) is 9.93. The lowest BCUT2D eigenvalue weighted by Gasteiger charge is -2.19. The van der Waals surface area contributed by atoms with Crippen molar-refractivity contribution in [2.24, 2.45) is 0 Å². The lowest BCUT2D eigenvalue weighted by molar-refractivity contribution is 0.0730. The average molecular weight is 420 g/mol. The van der Waals surface area contributed by atoms with Crippen molar-refractivity contribution in [3.05, 3.63) is 89.2 Å². The van der Waals surface area contributed by atoms with Gasteiger partial charge in [-0.2, -0.15) is 0 Å².